The number of carbonyl (C=O) groups excluding carboxylic acids is 1. The number of carbonyl (C=O) groups is 1. The van der Waals surface area contributed by atoms with Crippen LogP contribution in [0.4, 0.5) is 0 Å². The molecular weight excluding hydrogens is 152 g/mol. The van der Waals surface area contributed by atoms with E-state index in [1.54, 1.807) is 0 Å². The molecule has 0 radical (unpaired) electrons. The summed E-state index contributed by atoms with van der Waals surface area (Å²) >= 11 is 0. The number of hydrogen-bond acceptors (Lipinski definition) is 5. The number of ether oxygens (including phenoxy) is 1. The van der Waals surface area contributed by atoms with Gasteiger partial charge in [0, 0.05) is 6.08 Å². The molecule has 0 saturated heterocycles. The fraction of sp³-hybridized carbons (Fsp3) is 0.500. The Morgan fingerprint density at radius 3 is 2.27 bits per heavy atom. The van der Waals surface area contributed by atoms with Crippen molar-refractivity contribution in [2.45, 2.75) is 5.79 Å². The average Bonchev–Trinajstić information content (AvgIpc) is 2.04. The van der Waals surface area contributed by atoms with Crippen LogP contribution in [0.1, 0.15) is 0 Å². The number of aliphatic hydroxyl groups excluding tert-OH is 2. The fourth-order valence-corrected chi connectivity index (χ4v) is 0.343. The molecule has 3 N–H and O–H groups in total. The summed E-state index contributed by atoms with van der Waals surface area (Å²) in [5.74, 6) is -3.11. The van der Waals surface area contributed by atoms with Gasteiger partial charge < -0.3 is 20.1 Å². The summed E-state index contributed by atoms with van der Waals surface area (Å²) in [6, 6.07) is 0. The highest BCUT2D eigenvalue weighted by atomic mass is 16.7. The first-order chi connectivity index (χ1) is 5.08. The summed E-state index contributed by atoms with van der Waals surface area (Å²) < 4.78 is 4.18. The van der Waals surface area contributed by atoms with Crippen LogP contribution in [0.25, 0.3) is 0 Å². The monoisotopic (exact) mass is 162 g/mol. The molecule has 5 heteroatoms. The molecule has 64 valence electrons. The summed E-state index contributed by atoms with van der Waals surface area (Å²) in [5.41, 5.74) is 0. The van der Waals surface area contributed by atoms with Gasteiger partial charge in [-0.15, -0.1) is 0 Å². The lowest BCUT2D eigenvalue weighted by Gasteiger charge is -2.21. The minimum Gasteiger partial charge on any atom is -0.425 e. The highest BCUT2D eigenvalue weighted by Gasteiger charge is 2.28. The highest BCUT2D eigenvalue weighted by Crippen LogP contribution is 2.04. The van der Waals surface area contributed by atoms with Gasteiger partial charge >= 0.3 is 5.97 Å². The lowest BCUT2D eigenvalue weighted by Crippen LogP contribution is -2.42. The van der Waals surface area contributed by atoms with Crippen molar-refractivity contribution in [3.63, 3.8) is 0 Å². The van der Waals surface area contributed by atoms with Gasteiger partial charge in [-0.1, -0.05) is 6.58 Å². The minimum atomic E-state index is -2.20. The lowest BCUT2D eigenvalue weighted by atomic mass is 10.3. The van der Waals surface area contributed by atoms with Crippen molar-refractivity contribution < 1.29 is 24.9 Å². The summed E-state index contributed by atoms with van der Waals surface area (Å²) in [7, 11) is 0. The smallest absolute Gasteiger partial charge is 0.332 e. The van der Waals surface area contributed by atoms with E-state index in [-0.39, 0.29) is 0 Å². The zero-order valence-corrected chi connectivity index (χ0v) is 5.86. The van der Waals surface area contributed by atoms with Gasteiger partial charge in [-0.25, -0.2) is 4.79 Å². The molecule has 0 rings (SSSR count). The molecule has 0 aliphatic heterocycles. The van der Waals surface area contributed by atoms with Crippen LogP contribution in [0, 0.1) is 0 Å². The van der Waals surface area contributed by atoms with Crippen LogP contribution in [0.2, 0.25) is 0 Å². The third-order valence-corrected chi connectivity index (χ3v) is 0.951. The van der Waals surface area contributed by atoms with E-state index in [0.717, 1.165) is 6.08 Å². The van der Waals surface area contributed by atoms with Gasteiger partial charge in [-0.2, -0.15) is 0 Å². The molecule has 0 fully saturated rings. The quantitative estimate of drug-likeness (QED) is 0.263. The van der Waals surface area contributed by atoms with Crippen LogP contribution < -0.4 is 0 Å². The van der Waals surface area contributed by atoms with Gasteiger partial charge in [0.25, 0.3) is 5.79 Å². The van der Waals surface area contributed by atoms with Crippen molar-refractivity contribution in [2.24, 2.45) is 0 Å². The SMILES string of the molecule is C=CC(=O)OC(O)(CO)CO. The van der Waals surface area contributed by atoms with Crippen molar-refractivity contribution in [2.75, 3.05) is 13.2 Å². The fourth-order valence-electron chi connectivity index (χ4n) is 0.343. The molecule has 0 aliphatic rings. The lowest BCUT2D eigenvalue weighted by molar-refractivity contribution is -0.232. The third-order valence-electron chi connectivity index (χ3n) is 0.951. The van der Waals surface area contributed by atoms with E-state index in [0.29, 0.717) is 0 Å². The average molecular weight is 162 g/mol. The van der Waals surface area contributed by atoms with Crippen LogP contribution in [-0.2, 0) is 9.53 Å². The first-order valence-electron chi connectivity index (χ1n) is 2.87. The molecule has 0 aliphatic carbocycles. The molecular formula is C6H10O5. The van der Waals surface area contributed by atoms with Gasteiger partial charge in [-0.05, 0) is 0 Å². The Labute approximate surface area is 63.5 Å². The molecule has 0 atom stereocenters. The van der Waals surface area contributed by atoms with Gasteiger partial charge in [0.2, 0.25) is 0 Å². The van der Waals surface area contributed by atoms with E-state index in [4.69, 9.17) is 15.3 Å². The number of esters is 1. The first kappa shape index (κ1) is 10.1. The summed E-state index contributed by atoms with van der Waals surface area (Å²) in [4.78, 5) is 10.4. The second kappa shape index (κ2) is 4.07. The Balaban J connectivity index is 4.06. The predicted octanol–water partition coefficient (Wildman–Crippen LogP) is -1.61. The standard InChI is InChI=1S/C6H10O5/c1-2-5(9)11-6(10,3-7)4-8/h2,7-8,10H,1,3-4H2. The van der Waals surface area contributed by atoms with E-state index < -0.39 is 25.0 Å². The maximum atomic E-state index is 10.4. The third kappa shape index (κ3) is 3.13. The predicted molar refractivity (Wildman–Crippen MR) is 35.4 cm³/mol. The second-order valence-corrected chi connectivity index (χ2v) is 1.89. The summed E-state index contributed by atoms with van der Waals surface area (Å²) in [5, 5.41) is 25.8. The Morgan fingerprint density at radius 1 is 1.55 bits per heavy atom. The molecule has 0 amide bonds. The molecule has 0 aromatic rings. The second-order valence-electron chi connectivity index (χ2n) is 1.89. The van der Waals surface area contributed by atoms with Crippen molar-refractivity contribution >= 4 is 5.97 Å². The number of hydrogen-bond donors (Lipinski definition) is 3. The zero-order chi connectivity index (χ0) is 8.91. The minimum absolute atomic E-state index is 0.816. The van der Waals surface area contributed by atoms with Crippen molar-refractivity contribution in [3.05, 3.63) is 12.7 Å². The van der Waals surface area contributed by atoms with E-state index in [9.17, 15) is 4.79 Å². The molecule has 0 unspecified atom stereocenters. The van der Waals surface area contributed by atoms with Crippen LogP contribution >= 0.6 is 0 Å². The van der Waals surface area contributed by atoms with Crippen LogP contribution in [0.5, 0.6) is 0 Å². The zero-order valence-electron chi connectivity index (χ0n) is 5.86. The van der Waals surface area contributed by atoms with Crippen molar-refractivity contribution in [1.82, 2.24) is 0 Å². The van der Waals surface area contributed by atoms with E-state index in [1.165, 1.54) is 0 Å². The van der Waals surface area contributed by atoms with Gasteiger partial charge in [0.05, 0.1) is 0 Å². The Bertz CT molecular complexity index is 149. The van der Waals surface area contributed by atoms with E-state index in [2.05, 4.69) is 11.3 Å². The molecule has 0 bridgehead atoms. The van der Waals surface area contributed by atoms with Gasteiger partial charge in [0.1, 0.15) is 13.2 Å². The summed E-state index contributed by atoms with van der Waals surface area (Å²) in [6.45, 7) is 1.35. The molecule has 5 nitrogen and oxygen atoms in total. The molecule has 0 aromatic heterocycles. The Morgan fingerprint density at radius 2 is 2.00 bits per heavy atom. The maximum Gasteiger partial charge on any atom is 0.332 e. The molecule has 0 saturated carbocycles. The molecule has 0 heterocycles. The molecule has 0 spiro atoms. The molecule has 0 aromatic carbocycles. The van der Waals surface area contributed by atoms with E-state index >= 15 is 0 Å². The van der Waals surface area contributed by atoms with Gasteiger partial charge in [0.15, 0.2) is 0 Å². The number of rotatable bonds is 4. The first-order valence-corrected chi connectivity index (χ1v) is 2.87. The van der Waals surface area contributed by atoms with Crippen molar-refractivity contribution in [1.29, 1.82) is 0 Å². The highest BCUT2D eigenvalue weighted by molar-refractivity contribution is 5.81. The van der Waals surface area contributed by atoms with Crippen LogP contribution in [0.15, 0.2) is 12.7 Å². The summed E-state index contributed by atoms with van der Waals surface area (Å²) in [6.07, 6.45) is 0.816. The maximum absolute atomic E-state index is 10.4. The van der Waals surface area contributed by atoms with Crippen molar-refractivity contribution in [3.8, 4) is 0 Å². The Kier molecular flexibility index (Phi) is 3.73. The largest absolute Gasteiger partial charge is 0.425 e. The van der Waals surface area contributed by atoms with Gasteiger partial charge in [-0.3, -0.25) is 0 Å². The molecule has 11 heavy (non-hydrogen) atoms. The number of aliphatic hydroxyl groups is 3. The van der Waals surface area contributed by atoms with E-state index in [1.807, 2.05) is 0 Å². The normalized spacial score (nSPS) is 10.8. The van der Waals surface area contributed by atoms with Crippen LogP contribution in [0.3, 0.4) is 0 Å². The van der Waals surface area contributed by atoms with Crippen LogP contribution in [-0.4, -0.2) is 40.3 Å². The Hall–Kier alpha value is -0.910. The topological polar surface area (TPSA) is 87.0 Å².